The summed E-state index contributed by atoms with van der Waals surface area (Å²) in [5.74, 6) is -0.197. The lowest BCUT2D eigenvalue weighted by atomic mass is 10.0. The Kier molecular flexibility index (Phi) is 7.71. The number of aryl methyl sites for hydroxylation is 2. The van der Waals surface area contributed by atoms with Crippen molar-refractivity contribution in [1.29, 1.82) is 0 Å². The summed E-state index contributed by atoms with van der Waals surface area (Å²) in [7, 11) is -3.51. The quantitative estimate of drug-likeness (QED) is 0.481. The van der Waals surface area contributed by atoms with E-state index in [9.17, 15) is 18.0 Å². The first-order valence-electron chi connectivity index (χ1n) is 11.1. The van der Waals surface area contributed by atoms with Gasteiger partial charge in [-0.3, -0.25) is 4.79 Å². The number of rotatable bonds is 9. The summed E-state index contributed by atoms with van der Waals surface area (Å²) in [5.41, 5.74) is 3.28. The fraction of sp³-hybridized carbons (Fsp3) is 0.360. The topological polar surface area (TPSA) is 96.7 Å². The third-order valence-corrected chi connectivity index (χ3v) is 7.87. The standard InChI is InChI=1S/C25H30N2O5S/c1-5-27(6-2)33(30,31)20-10-8-19(9-11-20)16-26-24(28)14-13-22-18(4)21-12-7-17(3)15-23(21)32-25(22)29/h7-12,15H,5-6,13-14,16H2,1-4H3,(H,26,28). The highest BCUT2D eigenvalue weighted by Crippen LogP contribution is 2.21. The molecule has 0 saturated carbocycles. The molecule has 176 valence electrons. The van der Waals surface area contributed by atoms with Crippen molar-refractivity contribution in [3.8, 4) is 0 Å². The molecule has 0 saturated heterocycles. The van der Waals surface area contributed by atoms with Crippen LogP contribution in [-0.2, 0) is 27.8 Å². The Labute approximate surface area is 194 Å². The Morgan fingerprint density at radius 1 is 1.03 bits per heavy atom. The number of carbonyl (C=O) groups excluding carboxylic acids is 1. The third-order valence-electron chi connectivity index (χ3n) is 5.80. The van der Waals surface area contributed by atoms with Crippen LogP contribution in [0.15, 0.2) is 56.6 Å². The largest absolute Gasteiger partial charge is 0.423 e. The maximum Gasteiger partial charge on any atom is 0.339 e. The van der Waals surface area contributed by atoms with Crippen molar-refractivity contribution in [1.82, 2.24) is 9.62 Å². The van der Waals surface area contributed by atoms with Crippen molar-refractivity contribution in [2.45, 2.75) is 52.0 Å². The van der Waals surface area contributed by atoms with Crippen molar-refractivity contribution in [3.63, 3.8) is 0 Å². The van der Waals surface area contributed by atoms with E-state index in [2.05, 4.69) is 5.32 Å². The molecule has 0 aliphatic carbocycles. The third kappa shape index (κ3) is 5.51. The van der Waals surface area contributed by atoms with Gasteiger partial charge in [-0.15, -0.1) is 0 Å². The van der Waals surface area contributed by atoms with Crippen LogP contribution in [0.3, 0.4) is 0 Å². The van der Waals surface area contributed by atoms with E-state index >= 15 is 0 Å². The first-order chi connectivity index (χ1) is 15.7. The van der Waals surface area contributed by atoms with Crippen LogP contribution >= 0.6 is 0 Å². The van der Waals surface area contributed by atoms with E-state index < -0.39 is 15.6 Å². The molecular weight excluding hydrogens is 440 g/mol. The summed E-state index contributed by atoms with van der Waals surface area (Å²) in [6, 6.07) is 12.2. The molecule has 0 radical (unpaired) electrons. The van der Waals surface area contributed by atoms with Crippen molar-refractivity contribution >= 4 is 26.9 Å². The second-order valence-corrected chi connectivity index (χ2v) is 9.94. The van der Waals surface area contributed by atoms with E-state index in [0.717, 1.165) is 22.1 Å². The Balaban J connectivity index is 1.61. The van der Waals surface area contributed by atoms with E-state index in [1.807, 2.05) is 32.0 Å². The monoisotopic (exact) mass is 470 g/mol. The molecule has 0 aliphatic rings. The maximum atomic E-state index is 12.6. The average molecular weight is 471 g/mol. The Morgan fingerprint density at radius 2 is 1.70 bits per heavy atom. The Morgan fingerprint density at radius 3 is 2.33 bits per heavy atom. The zero-order valence-corrected chi connectivity index (χ0v) is 20.3. The number of carbonyl (C=O) groups is 1. The summed E-state index contributed by atoms with van der Waals surface area (Å²) in [6.07, 6.45) is 0.433. The SMILES string of the molecule is CCN(CC)S(=O)(=O)c1ccc(CNC(=O)CCc2c(C)c3ccc(C)cc3oc2=O)cc1. The van der Waals surface area contributed by atoms with Crippen LogP contribution in [0.5, 0.6) is 0 Å². The number of nitrogens with one attached hydrogen (secondary N) is 1. The predicted octanol–water partition coefficient (Wildman–Crippen LogP) is 3.69. The molecular formula is C25H30N2O5S. The van der Waals surface area contributed by atoms with Gasteiger partial charge in [0.15, 0.2) is 0 Å². The van der Waals surface area contributed by atoms with Gasteiger partial charge in [0, 0.05) is 37.0 Å². The Bertz CT molecular complexity index is 1310. The zero-order chi connectivity index (χ0) is 24.2. The van der Waals surface area contributed by atoms with Gasteiger partial charge in [-0.2, -0.15) is 4.31 Å². The number of hydrogen-bond acceptors (Lipinski definition) is 5. The molecule has 1 aromatic heterocycles. The summed E-state index contributed by atoms with van der Waals surface area (Å²) in [4.78, 5) is 25.0. The average Bonchev–Trinajstić information content (AvgIpc) is 2.78. The second-order valence-electron chi connectivity index (χ2n) is 8.00. The molecule has 0 aliphatic heterocycles. The predicted molar refractivity (Wildman–Crippen MR) is 129 cm³/mol. The minimum atomic E-state index is -3.51. The van der Waals surface area contributed by atoms with Gasteiger partial charge in [0.05, 0.1) is 4.90 Å². The molecule has 7 nitrogen and oxygen atoms in total. The van der Waals surface area contributed by atoms with Gasteiger partial charge in [-0.1, -0.05) is 38.1 Å². The van der Waals surface area contributed by atoms with Gasteiger partial charge in [0.2, 0.25) is 15.9 Å². The minimum Gasteiger partial charge on any atom is -0.423 e. The van der Waals surface area contributed by atoms with Gasteiger partial charge in [0.1, 0.15) is 5.58 Å². The number of nitrogens with zero attached hydrogens (tertiary/aromatic N) is 1. The Hall–Kier alpha value is -2.97. The zero-order valence-electron chi connectivity index (χ0n) is 19.5. The number of sulfonamides is 1. The molecule has 0 unspecified atom stereocenters. The van der Waals surface area contributed by atoms with E-state index in [4.69, 9.17) is 4.42 Å². The van der Waals surface area contributed by atoms with Crippen LogP contribution in [0.4, 0.5) is 0 Å². The highest BCUT2D eigenvalue weighted by Gasteiger charge is 2.21. The highest BCUT2D eigenvalue weighted by atomic mass is 32.2. The smallest absolute Gasteiger partial charge is 0.339 e. The minimum absolute atomic E-state index is 0.150. The number of amides is 1. The lowest BCUT2D eigenvalue weighted by molar-refractivity contribution is -0.121. The molecule has 0 fully saturated rings. The lowest BCUT2D eigenvalue weighted by Crippen LogP contribution is -2.30. The van der Waals surface area contributed by atoms with Gasteiger partial charge >= 0.3 is 5.63 Å². The first-order valence-corrected chi connectivity index (χ1v) is 12.5. The summed E-state index contributed by atoms with van der Waals surface area (Å²) in [5, 5.41) is 3.70. The molecule has 1 heterocycles. The lowest BCUT2D eigenvalue weighted by Gasteiger charge is -2.18. The second kappa shape index (κ2) is 10.3. The van der Waals surface area contributed by atoms with Crippen molar-refractivity contribution in [2.75, 3.05) is 13.1 Å². The van der Waals surface area contributed by atoms with Gasteiger partial charge in [0.25, 0.3) is 0 Å². The van der Waals surface area contributed by atoms with Gasteiger partial charge in [-0.05, 0) is 55.2 Å². The summed E-state index contributed by atoms with van der Waals surface area (Å²) >= 11 is 0. The molecule has 0 atom stereocenters. The maximum absolute atomic E-state index is 12.6. The molecule has 1 amide bonds. The van der Waals surface area contributed by atoms with E-state index in [1.54, 1.807) is 38.1 Å². The van der Waals surface area contributed by atoms with Crippen LogP contribution in [-0.4, -0.2) is 31.7 Å². The van der Waals surface area contributed by atoms with Crippen LogP contribution in [0.1, 0.15) is 42.5 Å². The van der Waals surface area contributed by atoms with Crippen LogP contribution in [0, 0.1) is 13.8 Å². The van der Waals surface area contributed by atoms with E-state index in [-0.39, 0.29) is 30.2 Å². The number of hydrogen-bond donors (Lipinski definition) is 1. The fourth-order valence-electron chi connectivity index (χ4n) is 3.81. The van der Waals surface area contributed by atoms with Crippen LogP contribution in [0.25, 0.3) is 11.0 Å². The normalized spacial score (nSPS) is 11.8. The van der Waals surface area contributed by atoms with Gasteiger partial charge in [-0.25, -0.2) is 13.2 Å². The molecule has 33 heavy (non-hydrogen) atoms. The van der Waals surface area contributed by atoms with E-state index in [0.29, 0.717) is 24.2 Å². The van der Waals surface area contributed by atoms with Crippen LogP contribution < -0.4 is 10.9 Å². The molecule has 1 N–H and O–H groups in total. The molecule has 0 bridgehead atoms. The molecule has 0 spiro atoms. The highest BCUT2D eigenvalue weighted by molar-refractivity contribution is 7.89. The molecule has 3 aromatic rings. The van der Waals surface area contributed by atoms with Crippen LogP contribution in [0.2, 0.25) is 0 Å². The summed E-state index contributed by atoms with van der Waals surface area (Å²) < 4.78 is 32.0. The fourth-order valence-corrected chi connectivity index (χ4v) is 5.27. The molecule has 3 rings (SSSR count). The van der Waals surface area contributed by atoms with E-state index in [1.165, 1.54) is 4.31 Å². The molecule has 8 heteroatoms. The summed E-state index contributed by atoms with van der Waals surface area (Å²) in [6.45, 7) is 8.50. The van der Waals surface area contributed by atoms with Crippen molar-refractivity contribution < 1.29 is 17.6 Å². The number of benzene rings is 2. The van der Waals surface area contributed by atoms with Gasteiger partial charge < -0.3 is 9.73 Å². The van der Waals surface area contributed by atoms with Crippen molar-refractivity contribution in [2.24, 2.45) is 0 Å². The van der Waals surface area contributed by atoms with Crippen molar-refractivity contribution in [3.05, 3.63) is 75.1 Å². The molecule has 2 aromatic carbocycles. The first kappa shape index (κ1) is 24.7. The number of fused-ring (bicyclic) bond motifs is 1.